The highest BCUT2D eigenvalue weighted by Gasteiger charge is 2.18. The first-order chi connectivity index (χ1) is 15.1. The van der Waals surface area contributed by atoms with Crippen LogP contribution in [0, 0.1) is 13.8 Å². The monoisotopic (exact) mass is 416 g/mol. The predicted octanol–water partition coefficient (Wildman–Crippen LogP) is 7.39. The second kappa shape index (κ2) is 11.6. The lowest BCUT2D eigenvalue weighted by molar-refractivity contribution is 0.0954. The van der Waals surface area contributed by atoms with Crippen LogP contribution in [0.3, 0.4) is 0 Å². The van der Waals surface area contributed by atoms with Crippen LogP contribution in [0.25, 0.3) is 22.2 Å². The van der Waals surface area contributed by atoms with Gasteiger partial charge in [0.15, 0.2) is 0 Å². The lowest BCUT2D eigenvalue weighted by Gasteiger charge is -2.15. The predicted molar refractivity (Wildman–Crippen MR) is 132 cm³/mol. The Kier molecular flexibility index (Phi) is 8.63. The van der Waals surface area contributed by atoms with Gasteiger partial charge >= 0.3 is 0 Å². The van der Waals surface area contributed by atoms with Gasteiger partial charge in [-0.3, -0.25) is 4.79 Å². The second-order valence-corrected chi connectivity index (χ2v) is 8.57. The summed E-state index contributed by atoms with van der Waals surface area (Å²) in [6.07, 6.45) is 10.1. The third-order valence-electron chi connectivity index (χ3n) is 6.00. The molecule has 31 heavy (non-hydrogen) atoms. The minimum atomic E-state index is 0.00686. The molecule has 1 aromatic heterocycles. The smallest absolute Gasteiger partial charge is 0.252 e. The van der Waals surface area contributed by atoms with E-state index in [4.69, 9.17) is 4.98 Å². The highest BCUT2D eigenvalue weighted by Crippen LogP contribution is 2.29. The summed E-state index contributed by atoms with van der Waals surface area (Å²) in [5.41, 5.74) is 5.70. The average Bonchev–Trinajstić information content (AvgIpc) is 2.78. The highest BCUT2D eigenvalue weighted by molar-refractivity contribution is 6.08. The normalized spacial score (nSPS) is 11.1. The van der Waals surface area contributed by atoms with Gasteiger partial charge in [-0.1, -0.05) is 99.9 Å². The Labute approximate surface area is 187 Å². The number of carbonyl (C=O) groups excluding carboxylic acids is 1. The molecule has 164 valence electrons. The number of carbonyl (C=O) groups is 1. The maximum absolute atomic E-state index is 13.2. The molecule has 1 heterocycles. The number of aromatic nitrogens is 1. The van der Waals surface area contributed by atoms with E-state index in [0.29, 0.717) is 0 Å². The van der Waals surface area contributed by atoms with E-state index in [2.05, 4.69) is 43.4 Å². The molecule has 0 radical (unpaired) electrons. The van der Waals surface area contributed by atoms with E-state index in [1.165, 1.54) is 50.5 Å². The van der Waals surface area contributed by atoms with Crippen LogP contribution in [-0.4, -0.2) is 17.4 Å². The quantitative estimate of drug-likeness (QED) is 0.331. The Morgan fingerprint density at radius 1 is 0.839 bits per heavy atom. The molecule has 0 atom stereocenters. The van der Waals surface area contributed by atoms with Crippen LogP contribution < -0.4 is 5.32 Å². The number of hydrogen-bond donors (Lipinski definition) is 1. The summed E-state index contributed by atoms with van der Waals surface area (Å²) in [6, 6.07) is 16.3. The van der Waals surface area contributed by atoms with E-state index in [1.807, 2.05) is 31.2 Å². The van der Waals surface area contributed by atoms with Crippen LogP contribution >= 0.6 is 0 Å². The fourth-order valence-corrected chi connectivity index (χ4v) is 4.14. The minimum absolute atomic E-state index is 0.00686. The molecule has 1 N–H and O–H groups in total. The Bertz CT molecular complexity index is 992. The van der Waals surface area contributed by atoms with E-state index >= 15 is 0 Å². The van der Waals surface area contributed by atoms with Crippen molar-refractivity contribution in [3.63, 3.8) is 0 Å². The zero-order valence-electron chi connectivity index (χ0n) is 19.3. The molecule has 1 amide bonds. The number of nitrogens with zero attached hydrogens (tertiary/aromatic N) is 1. The molecule has 0 saturated heterocycles. The van der Waals surface area contributed by atoms with Gasteiger partial charge in [0.1, 0.15) is 0 Å². The summed E-state index contributed by atoms with van der Waals surface area (Å²) in [6.45, 7) is 7.07. The van der Waals surface area contributed by atoms with Crippen molar-refractivity contribution in [2.75, 3.05) is 6.54 Å². The molecule has 0 saturated carbocycles. The molecule has 3 rings (SSSR count). The Morgan fingerprint density at radius 3 is 2.19 bits per heavy atom. The van der Waals surface area contributed by atoms with Gasteiger partial charge in [0.25, 0.3) is 5.91 Å². The van der Waals surface area contributed by atoms with Crippen molar-refractivity contribution in [3.8, 4) is 11.3 Å². The number of unbranched alkanes of at least 4 members (excludes halogenated alkanes) is 7. The second-order valence-electron chi connectivity index (χ2n) is 8.57. The van der Waals surface area contributed by atoms with Crippen molar-refractivity contribution >= 4 is 16.8 Å². The molecule has 0 aliphatic carbocycles. The van der Waals surface area contributed by atoms with Crippen molar-refractivity contribution in [2.45, 2.75) is 72.1 Å². The number of aryl methyl sites for hydroxylation is 1. The summed E-state index contributed by atoms with van der Waals surface area (Å²) in [5.74, 6) is 0.00686. The van der Waals surface area contributed by atoms with Gasteiger partial charge < -0.3 is 5.32 Å². The molecule has 0 fully saturated rings. The van der Waals surface area contributed by atoms with E-state index in [9.17, 15) is 4.79 Å². The standard InChI is InChI=1S/C28H36N2O/c1-4-5-6-7-8-9-10-13-20-29-28(31)26-22(3)27(23-18-16-21(2)17-19-23)30-25-15-12-11-14-24(25)26/h11-12,14-19H,4-10,13,20H2,1-3H3,(H,29,31). The first-order valence-electron chi connectivity index (χ1n) is 11.9. The van der Waals surface area contributed by atoms with Gasteiger partial charge in [-0.25, -0.2) is 4.98 Å². The molecule has 0 bridgehead atoms. The van der Waals surface area contributed by atoms with Crippen molar-refractivity contribution in [1.82, 2.24) is 10.3 Å². The van der Waals surface area contributed by atoms with Crippen LogP contribution in [0.2, 0.25) is 0 Å². The van der Waals surface area contributed by atoms with Crippen molar-refractivity contribution in [2.24, 2.45) is 0 Å². The SMILES string of the molecule is CCCCCCCCCCNC(=O)c1c(C)c(-c2ccc(C)cc2)nc2ccccc12. The molecule has 3 nitrogen and oxygen atoms in total. The third kappa shape index (κ3) is 6.16. The van der Waals surface area contributed by atoms with Crippen LogP contribution in [0.5, 0.6) is 0 Å². The maximum atomic E-state index is 13.2. The number of fused-ring (bicyclic) bond motifs is 1. The summed E-state index contributed by atoms with van der Waals surface area (Å²) >= 11 is 0. The van der Waals surface area contributed by atoms with E-state index in [1.54, 1.807) is 0 Å². The van der Waals surface area contributed by atoms with Gasteiger partial charge in [-0.15, -0.1) is 0 Å². The molecule has 0 unspecified atom stereocenters. The molecule has 0 spiro atoms. The minimum Gasteiger partial charge on any atom is -0.352 e. The number of amides is 1. The lowest BCUT2D eigenvalue weighted by Crippen LogP contribution is -2.26. The fourth-order valence-electron chi connectivity index (χ4n) is 4.14. The summed E-state index contributed by atoms with van der Waals surface area (Å²) in [4.78, 5) is 18.1. The number of benzene rings is 2. The van der Waals surface area contributed by atoms with Crippen LogP contribution in [0.4, 0.5) is 0 Å². The number of para-hydroxylation sites is 1. The Balaban J connectivity index is 1.69. The van der Waals surface area contributed by atoms with Crippen molar-refractivity contribution in [3.05, 3.63) is 65.2 Å². The number of pyridine rings is 1. The number of rotatable bonds is 11. The van der Waals surface area contributed by atoms with E-state index in [-0.39, 0.29) is 5.91 Å². The highest BCUT2D eigenvalue weighted by atomic mass is 16.1. The molecule has 2 aromatic carbocycles. The molecular weight excluding hydrogens is 380 g/mol. The molecule has 3 aromatic rings. The number of hydrogen-bond acceptors (Lipinski definition) is 2. The fraction of sp³-hybridized carbons (Fsp3) is 0.429. The van der Waals surface area contributed by atoms with Gasteiger partial charge in [0.05, 0.1) is 16.8 Å². The summed E-state index contributed by atoms with van der Waals surface area (Å²) in [7, 11) is 0. The largest absolute Gasteiger partial charge is 0.352 e. The van der Waals surface area contributed by atoms with Gasteiger partial charge in [-0.05, 0) is 31.9 Å². The maximum Gasteiger partial charge on any atom is 0.252 e. The Morgan fingerprint density at radius 2 is 1.48 bits per heavy atom. The first kappa shape index (κ1) is 23.0. The zero-order chi connectivity index (χ0) is 22.1. The van der Waals surface area contributed by atoms with E-state index in [0.717, 1.165) is 46.3 Å². The van der Waals surface area contributed by atoms with E-state index < -0.39 is 0 Å². The average molecular weight is 417 g/mol. The topological polar surface area (TPSA) is 42.0 Å². The molecule has 0 aliphatic rings. The number of nitrogens with one attached hydrogen (secondary N) is 1. The Hall–Kier alpha value is -2.68. The van der Waals surface area contributed by atoms with Crippen LogP contribution in [0.1, 0.15) is 79.8 Å². The summed E-state index contributed by atoms with van der Waals surface area (Å²) < 4.78 is 0. The molecular formula is C28H36N2O. The van der Waals surface area contributed by atoms with Crippen LogP contribution in [0.15, 0.2) is 48.5 Å². The molecule has 0 aliphatic heterocycles. The van der Waals surface area contributed by atoms with Crippen LogP contribution in [-0.2, 0) is 0 Å². The van der Waals surface area contributed by atoms with Crippen molar-refractivity contribution in [1.29, 1.82) is 0 Å². The first-order valence-corrected chi connectivity index (χ1v) is 11.9. The third-order valence-corrected chi connectivity index (χ3v) is 6.00. The lowest BCUT2D eigenvalue weighted by atomic mass is 9.96. The summed E-state index contributed by atoms with van der Waals surface area (Å²) in [5, 5.41) is 4.08. The van der Waals surface area contributed by atoms with Gasteiger partial charge in [0, 0.05) is 17.5 Å². The van der Waals surface area contributed by atoms with Gasteiger partial charge in [0.2, 0.25) is 0 Å². The zero-order valence-corrected chi connectivity index (χ0v) is 19.3. The van der Waals surface area contributed by atoms with Crippen molar-refractivity contribution < 1.29 is 4.79 Å². The van der Waals surface area contributed by atoms with Gasteiger partial charge in [-0.2, -0.15) is 0 Å². The molecule has 3 heteroatoms.